The normalized spacial score (nSPS) is 16.5. The van der Waals surface area contributed by atoms with Crippen LogP contribution in [0.1, 0.15) is 20.3 Å². The predicted octanol–water partition coefficient (Wildman–Crippen LogP) is 0.690. The third-order valence-electron chi connectivity index (χ3n) is 2.25. The van der Waals surface area contributed by atoms with Crippen LogP contribution in [0, 0.1) is 0 Å². The summed E-state index contributed by atoms with van der Waals surface area (Å²) in [6.07, 6.45) is 1.16. The van der Waals surface area contributed by atoms with E-state index in [1.165, 1.54) is 0 Å². The molecule has 2 N–H and O–H groups in total. The molecule has 0 amide bonds. The summed E-state index contributed by atoms with van der Waals surface area (Å²) in [6, 6.07) is 0.738. The highest BCUT2D eigenvalue weighted by molar-refractivity contribution is 4.68. The fourth-order valence-corrected chi connectivity index (χ4v) is 1.13. The van der Waals surface area contributed by atoms with Gasteiger partial charge in [0.1, 0.15) is 0 Å². The molecule has 0 spiro atoms. The Hall–Kier alpha value is -0.120. The highest BCUT2D eigenvalue weighted by atomic mass is 16.5. The van der Waals surface area contributed by atoms with Gasteiger partial charge in [0.05, 0.1) is 6.61 Å². The second-order valence-electron chi connectivity index (χ2n) is 3.41. The van der Waals surface area contributed by atoms with E-state index in [9.17, 15) is 0 Å². The van der Waals surface area contributed by atoms with Crippen molar-refractivity contribution in [1.29, 1.82) is 0 Å². The molecule has 0 aromatic rings. The van der Waals surface area contributed by atoms with Crippen LogP contribution in [0.2, 0.25) is 0 Å². The molecule has 12 heavy (non-hydrogen) atoms. The van der Waals surface area contributed by atoms with Gasteiger partial charge in [-0.05, 0) is 20.4 Å². The molecule has 74 valence electrons. The molecule has 0 fully saturated rings. The molecule has 0 heterocycles. The van der Waals surface area contributed by atoms with Crippen molar-refractivity contribution >= 4 is 0 Å². The van der Waals surface area contributed by atoms with Crippen molar-refractivity contribution < 1.29 is 4.74 Å². The van der Waals surface area contributed by atoms with Crippen LogP contribution in [-0.4, -0.2) is 44.3 Å². The molecule has 2 unspecified atom stereocenters. The maximum atomic E-state index is 5.81. The second kappa shape index (κ2) is 6.40. The number of hydrogen-bond donors (Lipinski definition) is 1. The molecular weight excluding hydrogens is 152 g/mol. The van der Waals surface area contributed by atoms with Gasteiger partial charge in [0.15, 0.2) is 0 Å². The van der Waals surface area contributed by atoms with Crippen molar-refractivity contribution in [2.24, 2.45) is 5.73 Å². The molecule has 2 atom stereocenters. The van der Waals surface area contributed by atoms with Crippen LogP contribution in [0.5, 0.6) is 0 Å². The lowest BCUT2D eigenvalue weighted by Crippen LogP contribution is -2.41. The molecule has 0 aliphatic rings. The van der Waals surface area contributed by atoms with Crippen molar-refractivity contribution in [2.45, 2.75) is 32.4 Å². The summed E-state index contributed by atoms with van der Waals surface area (Å²) in [4.78, 5) is 2.27. The summed E-state index contributed by atoms with van der Waals surface area (Å²) in [5.41, 5.74) is 5.81. The number of hydrogen-bond acceptors (Lipinski definition) is 3. The van der Waals surface area contributed by atoms with E-state index in [0.717, 1.165) is 13.0 Å². The zero-order chi connectivity index (χ0) is 9.56. The summed E-state index contributed by atoms with van der Waals surface area (Å²) in [5.74, 6) is 0. The van der Waals surface area contributed by atoms with Gasteiger partial charge in [-0.2, -0.15) is 0 Å². The molecule has 0 radical (unpaired) electrons. The highest BCUT2D eigenvalue weighted by Crippen LogP contribution is 2.00. The number of ether oxygens (including phenoxy) is 1. The molecule has 3 heteroatoms. The zero-order valence-electron chi connectivity index (χ0n) is 8.71. The first-order valence-corrected chi connectivity index (χ1v) is 4.56. The quantitative estimate of drug-likeness (QED) is 0.644. The molecule has 3 nitrogen and oxygen atoms in total. The summed E-state index contributed by atoms with van der Waals surface area (Å²) in [6.45, 7) is 5.94. The number of rotatable bonds is 6. The Morgan fingerprint density at radius 3 is 2.50 bits per heavy atom. The highest BCUT2D eigenvalue weighted by Gasteiger charge is 2.10. The maximum absolute atomic E-state index is 5.81. The molecule has 0 aliphatic carbocycles. The van der Waals surface area contributed by atoms with Crippen molar-refractivity contribution in [2.75, 3.05) is 27.3 Å². The second-order valence-corrected chi connectivity index (χ2v) is 3.41. The Morgan fingerprint density at radius 2 is 2.08 bits per heavy atom. The fourth-order valence-electron chi connectivity index (χ4n) is 1.13. The number of nitrogens with zero attached hydrogens (tertiary/aromatic N) is 1. The van der Waals surface area contributed by atoms with Gasteiger partial charge in [0.2, 0.25) is 0 Å². The average molecular weight is 174 g/mol. The minimum Gasteiger partial charge on any atom is -0.383 e. The standard InChI is InChI=1S/C9H22N2O/c1-5-8(2)11(3)6-9(10)7-12-4/h8-9H,5-7,10H2,1-4H3. The van der Waals surface area contributed by atoms with E-state index in [1.807, 2.05) is 0 Å². The molecular formula is C9H22N2O. The summed E-state index contributed by atoms with van der Waals surface area (Å²) < 4.78 is 4.97. The van der Waals surface area contributed by atoms with E-state index in [2.05, 4.69) is 25.8 Å². The Balaban J connectivity index is 3.59. The van der Waals surface area contributed by atoms with Crippen LogP contribution in [0.3, 0.4) is 0 Å². The summed E-state index contributed by atoms with van der Waals surface area (Å²) in [7, 11) is 3.78. The lowest BCUT2D eigenvalue weighted by atomic mass is 10.2. The number of nitrogens with two attached hydrogens (primary N) is 1. The molecule has 0 bridgehead atoms. The third kappa shape index (κ3) is 4.70. The Labute approximate surface area is 75.9 Å². The van der Waals surface area contributed by atoms with Crippen LogP contribution < -0.4 is 5.73 Å². The van der Waals surface area contributed by atoms with Crippen LogP contribution in [0.4, 0.5) is 0 Å². The Bertz CT molecular complexity index is 109. The molecule has 0 aromatic carbocycles. The lowest BCUT2D eigenvalue weighted by molar-refractivity contribution is 0.149. The van der Waals surface area contributed by atoms with Crippen LogP contribution in [0.15, 0.2) is 0 Å². The number of likely N-dealkylation sites (N-methyl/N-ethyl adjacent to an activating group) is 1. The first-order chi connectivity index (χ1) is 5.61. The van der Waals surface area contributed by atoms with E-state index in [4.69, 9.17) is 10.5 Å². The lowest BCUT2D eigenvalue weighted by Gasteiger charge is -2.26. The molecule has 0 aliphatic heterocycles. The van der Waals surface area contributed by atoms with Crippen LogP contribution in [0.25, 0.3) is 0 Å². The molecule has 0 rings (SSSR count). The van der Waals surface area contributed by atoms with Gasteiger partial charge in [0, 0.05) is 25.7 Å². The van der Waals surface area contributed by atoms with Crippen LogP contribution in [-0.2, 0) is 4.74 Å². The van der Waals surface area contributed by atoms with Gasteiger partial charge in [-0.3, -0.25) is 0 Å². The zero-order valence-corrected chi connectivity index (χ0v) is 8.71. The first-order valence-electron chi connectivity index (χ1n) is 4.56. The maximum Gasteiger partial charge on any atom is 0.0626 e. The monoisotopic (exact) mass is 174 g/mol. The third-order valence-corrected chi connectivity index (χ3v) is 2.25. The molecule has 0 saturated carbocycles. The van der Waals surface area contributed by atoms with Gasteiger partial charge in [0.25, 0.3) is 0 Å². The van der Waals surface area contributed by atoms with Crippen molar-refractivity contribution in [3.63, 3.8) is 0 Å². The smallest absolute Gasteiger partial charge is 0.0626 e. The van der Waals surface area contributed by atoms with Gasteiger partial charge >= 0.3 is 0 Å². The van der Waals surface area contributed by atoms with E-state index in [1.54, 1.807) is 7.11 Å². The van der Waals surface area contributed by atoms with E-state index in [0.29, 0.717) is 12.6 Å². The summed E-state index contributed by atoms with van der Waals surface area (Å²) >= 11 is 0. The van der Waals surface area contributed by atoms with Gasteiger partial charge < -0.3 is 15.4 Å². The van der Waals surface area contributed by atoms with E-state index in [-0.39, 0.29) is 6.04 Å². The van der Waals surface area contributed by atoms with Crippen LogP contribution >= 0.6 is 0 Å². The SMILES string of the molecule is CCC(C)N(C)CC(N)COC. The van der Waals surface area contributed by atoms with E-state index < -0.39 is 0 Å². The first kappa shape index (κ1) is 11.9. The minimum atomic E-state index is 0.133. The van der Waals surface area contributed by atoms with Gasteiger partial charge in [-0.1, -0.05) is 6.92 Å². The minimum absolute atomic E-state index is 0.133. The molecule has 0 aromatic heterocycles. The summed E-state index contributed by atoms with van der Waals surface area (Å²) in [5, 5.41) is 0. The van der Waals surface area contributed by atoms with Gasteiger partial charge in [-0.15, -0.1) is 0 Å². The fraction of sp³-hybridized carbons (Fsp3) is 1.00. The van der Waals surface area contributed by atoms with Crippen molar-refractivity contribution in [3.8, 4) is 0 Å². The topological polar surface area (TPSA) is 38.5 Å². The van der Waals surface area contributed by atoms with Crippen molar-refractivity contribution in [3.05, 3.63) is 0 Å². The average Bonchev–Trinajstić information content (AvgIpc) is 2.03. The molecule has 0 saturated heterocycles. The van der Waals surface area contributed by atoms with Crippen molar-refractivity contribution in [1.82, 2.24) is 4.90 Å². The Morgan fingerprint density at radius 1 is 1.50 bits per heavy atom. The number of methoxy groups -OCH3 is 1. The van der Waals surface area contributed by atoms with E-state index >= 15 is 0 Å². The predicted molar refractivity (Wildman–Crippen MR) is 52.2 cm³/mol. The Kier molecular flexibility index (Phi) is 6.34. The van der Waals surface area contributed by atoms with Gasteiger partial charge in [-0.25, -0.2) is 0 Å². The largest absolute Gasteiger partial charge is 0.383 e.